The maximum absolute atomic E-state index is 11.4. The highest BCUT2D eigenvalue weighted by atomic mass is 16.6. The number of ether oxygens (including phenoxy) is 2. The molecule has 0 aromatic heterocycles. The van der Waals surface area contributed by atoms with Gasteiger partial charge in [-0.1, -0.05) is 5.16 Å². The smallest absolute Gasteiger partial charge is 0.313 e. The number of aliphatic carboxylic acids is 2. The summed E-state index contributed by atoms with van der Waals surface area (Å²) in [5.74, 6) is -5.60. The fourth-order valence-corrected chi connectivity index (χ4v) is 1.50. The van der Waals surface area contributed by atoms with Crippen LogP contribution in [0.15, 0.2) is 5.16 Å². The second-order valence-corrected chi connectivity index (χ2v) is 4.79. The molecule has 0 spiro atoms. The molecule has 0 bridgehead atoms. The molecule has 140 valence electrons. The topological polar surface area (TPSA) is 180 Å². The fraction of sp³-hybridized carbons (Fsp3) is 0.571. The van der Waals surface area contributed by atoms with Crippen LogP contribution >= 0.6 is 0 Å². The Bertz CT molecular complexity index is 540. The number of carboxylic acids is 2. The minimum Gasteiger partial charge on any atom is -0.550 e. The summed E-state index contributed by atoms with van der Waals surface area (Å²) in [6.07, 6.45) is -1.82. The number of oxime groups is 1. The Morgan fingerprint density at radius 2 is 1.28 bits per heavy atom. The highest BCUT2D eigenvalue weighted by Gasteiger charge is 2.15. The maximum atomic E-state index is 11.4. The lowest BCUT2D eigenvalue weighted by molar-refractivity contribution is -0.305. The first-order chi connectivity index (χ1) is 11.7. The van der Waals surface area contributed by atoms with E-state index in [-0.39, 0.29) is 44.9 Å². The minimum absolute atomic E-state index is 0.0211. The van der Waals surface area contributed by atoms with E-state index in [0.29, 0.717) is 0 Å². The Kier molecular flexibility index (Phi) is 11.0. The van der Waals surface area contributed by atoms with Gasteiger partial charge in [0.25, 0.3) is 0 Å². The van der Waals surface area contributed by atoms with E-state index in [1.807, 2.05) is 0 Å². The molecule has 0 aliphatic rings. The van der Waals surface area contributed by atoms with E-state index in [0.717, 1.165) is 0 Å². The van der Waals surface area contributed by atoms with Crippen LogP contribution < -0.4 is 5.11 Å². The van der Waals surface area contributed by atoms with Crippen LogP contribution in [0.3, 0.4) is 0 Å². The molecule has 2 N–H and O–H groups in total. The van der Waals surface area contributed by atoms with Crippen LogP contribution in [0.5, 0.6) is 0 Å². The summed E-state index contributed by atoms with van der Waals surface area (Å²) >= 11 is 0. The van der Waals surface area contributed by atoms with E-state index in [2.05, 4.69) is 14.6 Å². The van der Waals surface area contributed by atoms with Crippen molar-refractivity contribution in [1.29, 1.82) is 0 Å². The zero-order valence-corrected chi connectivity index (χ0v) is 13.3. The average Bonchev–Trinajstić information content (AvgIpc) is 2.50. The molecule has 0 radical (unpaired) electrons. The number of hydrogen-bond donors (Lipinski definition) is 2. The van der Waals surface area contributed by atoms with Gasteiger partial charge >= 0.3 is 23.9 Å². The quantitative estimate of drug-likeness (QED) is 0.120. The van der Waals surface area contributed by atoms with E-state index in [1.54, 1.807) is 0 Å². The van der Waals surface area contributed by atoms with Gasteiger partial charge in [0.2, 0.25) is 5.90 Å². The number of rotatable bonds is 11. The standard InChI is InChI=1S/C14H19NO10/c16-10(17)3-1-5-12(20)24-9(15-23)7-8-14(22)25-13(21)6-2-4-11(18)19/h23H,1-8H2,(H,16,17)(H,18,19)/p-1/b15-9-. The van der Waals surface area contributed by atoms with Crippen molar-refractivity contribution in [2.75, 3.05) is 0 Å². The number of hydrogen-bond acceptors (Lipinski definition) is 10. The Labute approximate surface area is 142 Å². The molecule has 0 amide bonds. The normalized spacial score (nSPS) is 10.8. The molecular weight excluding hydrogens is 342 g/mol. The van der Waals surface area contributed by atoms with Gasteiger partial charge in [0, 0.05) is 31.7 Å². The van der Waals surface area contributed by atoms with Crippen molar-refractivity contribution in [3.63, 3.8) is 0 Å². The summed E-state index contributed by atoms with van der Waals surface area (Å²) in [5.41, 5.74) is 0. The molecule has 0 rings (SSSR count). The zero-order chi connectivity index (χ0) is 19.2. The van der Waals surface area contributed by atoms with Crippen molar-refractivity contribution >= 4 is 35.7 Å². The number of esters is 3. The summed E-state index contributed by atoms with van der Waals surface area (Å²) in [7, 11) is 0. The van der Waals surface area contributed by atoms with Gasteiger partial charge in [0.05, 0.1) is 6.42 Å². The molecule has 11 heteroatoms. The predicted octanol–water partition coefficient (Wildman–Crippen LogP) is -0.658. The SMILES string of the molecule is O=C([O-])CCCC(=O)O/C(CCC(=O)OC(=O)CCCC(=O)O)=N\O. The van der Waals surface area contributed by atoms with Crippen molar-refractivity contribution in [2.45, 2.75) is 51.4 Å². The lowest BCUT2D eigenvalue weighted by Crippen LogP contribution is -2.22. The average molecular weight is 360 g/mol. The molecular formula is C14H18NO10-. The Morgan fingerprint density at radius 3 is 1.80 bits per heavy atom. The molecule has 0 aromatic carbocycles. The van der Waals surface area contributed by atoms with Gasteiger partial charge < -0.3 is 29.7 Å². The highest BCUT2D eigenvalue weighted by Crippen LogP contribution is 2.04. The molecule has 0 atom stereocenters. The van der Waals surface area contributed by atoms with E-state index in [9.17, 15) is 29.1 Å². The molecule has 0 unspecified atom stereocenters. The summed E-state index contributed by atoms with van der Waals surface area (Å²) in [6.45, 7) is 0. The van der Waals surface area contributed by atoms with Crippen LogP contribution in [0.25, 0.3) is 0 Å². The second-order valence-electron chi connectivity index (χ2n) is 4.79. The summed E-state index contributed by atoms with van der Waals surface area (Å²) in [6, 6.07) is 0. The third kappa shape index (κ3) is 13.2. The molecule has 0 heterocycles. The van der Waals surface area contributed by atoms with E-state index >= 15 is 0 Å². The summed E-state index contributed by atoms with van der Waals surface area (Å²) in [5, 5.41) is 30.0. The van der Waals surface area contributed by atoms with Gasteiger partial charge in [-0.05, 0) is 19.3 Å². The second kappa shape index (κ2) is 12.4. The molecule has 11 nitrogen and oxygen atoms in total. The minimum atomic E-state index is -1.32. The van der Waals surface area contributed by atoms with E-state index in [4.69, 9.17) is 10.3 Å². The van der Waals surface area contributed by atoms with Gasteiger partial charge in [-0.3, -0.25) is 19.2 Å². The highest BCUT2D eigenvalue weighted by molar-refractivity contribution is 5.92. The van der Waals surface area contributed by atoms with Gasteiger partial charge in [-0.25, -0.2) is 0 Å². The van der Waals surface area contributed by atoms with Gasteiger partial charge in [0.15, 0.2) is 0 Å². The molecule has 0 saturated carbocycles. The molecule has 0 fully saturated rings. The van der Waals surface area contributed by atoms with Crippen molar-refractivity contribution in [3.8, 4) is 0 Å². The Hall–Kier alpha value is -2.98. The van der Waals surface area contributed by atoms with E-state index < -0.39 is 42.2 Å². The number of nitrogens with zero attached hydrogens (tertiary/aromatic N) is 1. The lowest BCUT2D eigenvalue weighted by atomic mass is 10.2. The van der Waals surface area contributed by atoms with Crippen molar-refractivity contribution in [3.05, 3.63) is 0 Å². The Balaban J connectivity index is 4.06. The number of carbonyl (C=O) groups excluding carboxylic acids is 4. The van der Waals surface area contributed by atoms with Crippen LogP contribution in [0, 0.1) is 0 Å². The molecule has 0 aliphatic heterocycles. The van der Waals surface area contributed by atoms with Crippen molar-refractivity contribution in [1.82, 2.24) is 0 Å². The van der Waals surface area contributed by atoms with Crippen LogP contribution in [-0.4, -0.2) is 46.1 Å². The monoisotopic (exact) mass is 360 g/mol. The third-order valence-electron chi connectivity index (χ3n) is 2.65. The van der Waals surface area contributed by atoms with Gasteiger partial charge in [0.1, 0.15) is 0 Å². The molecule has 0 aromatic rings. The predicted molar refractivity (Wildman–Crippen MR) is 76.0 cm³/mol. The van der Waals surface area contributed by atoms with Crippen molar-refractivity contribution in [2.24, 2.45) is 5.16 Å². The van der Waals surface area contributed by atoms with Gasteiger partial charge in [-0.15, -0.1) is 0 Å². The first-order valence-corrected chi connectivity index (χ1v) is 7.31. The fourth-order valence-electron chi connectivity index (χ4n) is 1.50. The molecule has 0 aliphatic carbocycles. The first kappa shape index (κ1) is 22.0. The lowest BCUT2D eigenvalue weighted by Gasteiger charge is -2.06. The number of carboxylic acid groups (broad SMARTS) is 2. The van der Waals surface area contributed by atoms with Crippen molar-refractivity contribution < 1.29 is 48.9 Å². The first-order valence-electron chi connectivity index (χ1n) is 7.31. The maximum Gasteiger partial charge on any atom is 0.313 e. The van der Waals surface area contributed by atoms with E-state index in [1.165, 1.54) is 0 Å². The molecule has 0 saturated heterocycles. The van der Waals surface area contributed by atoms with Gasteiger partial charge in [-0.2, -0.15) is 0 Å². The Morgan fingerprint density at radius 1 is 0.760 bits per heavy atom. The van der Waals surface area contributed by atoms with Crippen LogP contribution in [0.2, 0.25) is 0 Å². The number of carbonyl (C=O) groups is 5. The zero-order valence-electron chi connectivity index (χ0n) is 13.3. The van der Waals surface area contributed by atoms with Crippen LogP contribution in [0.1, 0.15) is 51.4 Å². The largest absolute Gasteiger partial charge is 0.550 e. The molecule has 25 heavy (non-hydrogen) atoms. The third-order valence-corrected chi connectivity index (χ3v) is 2.65. The van der Waals surface area contributed by atoms with Crippen LogP contribution in [-0.2, 0) is 33.4 Å². The van der Waals surface area contributed by atoms with Crippen LogP contribution in [0.4, 0.5) is 0 Å². The summed E-state index contributed by atoms with van der Waals surface area (Å²) in [4.78, 5) is 54.4. The summed E-state index contributed by atoms with van der Waals surface area (Å²) < 4.78 is 9.02.